The number of anilines is 1. The van der Waals surface area contributed by atoms with E-state index >= 15 is 0 Å². The number of hydrogen-bond donors (Lipinski definition) is 1. The summed E-state index contributed by atoms with van der Waals surface area (Å²) in [6.45, 7) is 1.94. The highest BCUT2D eigenvalue weighted by Gasteiger charge is 2.34. The molecular formula is C18H12ClF3N2OS. The van der Waals surface area contributed by atoms with Gasteiger partial charge in [-0.05, 0) is 36.2 Å². The molecule has 0 fully saturated rings. The number of nitrogens with one attached hydrogen (secondary N) is 1. The molecule has 1 aromatic heterocycles. The van der Waals surface area contributed by atoms with Crippen molar-refractivity contribution in [1.82, 2.24) is 4.98 Å². The van der Waals surface area contributed by atoms with Gasteiger partial charge in [0, 0.05) is 16.0 Å². The predicted molar refractivity (Wildman–Crippen MR) is 96.7 cm³/mol. The molecule has 8 heteroatoms. The third-order valence-corrected chi connectivity index (χ3v) is 4.60. The number of hydrogen-bond acceptors (Lipinski definition) is 3. The SMILES string of the molecule is Cc1ccc(-c2cc(Cl)ccc2C(=O)Nc2nc(C(F)(F)F)cs2)cc1. The molecule has 0 saturated carbocycles. The number of thiazole rings is 1. The van der Waals surface area contributed by atoms with Crippen molar-refractivity contribution in [2.75, 3.05) is 5.32 Å². The standard InChI is InChI=1S/C18H12ClF3N2OS/c1-10-2-4-11(5-3-10)14-8-12(19)6-7-13(14)16(25)24-17-23-15(9-26-17)18(20,21)22/h2-9H,1H3,(H,23,24,25). The summed E-state index contributed by atoms with van der Waals surface area (Å²) < 4.78 is 37.9. The monoisotopic (exact) mass is 396 g/mol. The fraction of sp³-hybridized carbons (Fsp3) is 0.111. The van der Waals surface area contributed by atoms with Crippen LogP contribution in [0.25, 0.3) is 11.1 Å². The number of aromatic nitrogens is 1. The lowest BCUT2D eigenvalue weighted by molar-refractivity contribution is -0.140. The predicted octanol–water partition coefficient (Wildman–Crippen LogP) is 6.04. The van der Waals surface area contributed by atoms with Crippen molar-refractivity contribution < 1.29 is 18.0 Å². The van der Waals surface area contributed by atoms with E-state index in [2.05, 4.69) is 10.3 Å². The number of carbonyl (C=O) groups is 1. The van der Waals surface area contributed by atoms with Crippen LogP contribution in [0.2, 0.25) is 5.02 Å². The first-order chi connectivity index (χ1) is 12.2. The van der Waals surface area contributed by atoms with Gasteiger partial charge in [0.05, 0.1) is 0 Å². The van der Waals surface area contributed by atoms with Gasteiger partial charge in [0.1, 0.15) is 0 Å². The van der Waals surface area contributed by atoms with Crippen LogP contribution in [-0.4, -0.2) is 10.9 Å². The molecule has 0 atom stereocenters. The molecule has 2 aromatic carbocycles. The summed E-state index contributed by atoms with van der Waals surface area (Å²) in [5.41, 5.74) is 1.68. The first kappa shape index (κ1) is 18.4. The second-order valence-electron chi connectivity index (χ2n) is 5.55. The minimum absolute atomic E-state index is 0.118. The van der Waals surface area contributed by atoms with Crippen molar-refractivity contribution in [1.29, 1.82) is 0 Å². The van der Waals surface area contributed by atoms with Gasteiger partial charge in [-0.1, -0.05) is 41.4 Å². The minimum Gasteiger partial charge on any atom is -0.298 e. The Kier molecular flexibility index (Phi) is 5.02. The average molecular weight is 397 g/mol. The normalized spacial score (nSPS) is 11.4. The van der Waals surface area contributed by atoms with Gasteiger partial charge in [-0.15, -0.1) is 11.3 Å². The molecule has 3 nitrogen and oxygen atoms in total. The van der Waals surface area contributed by atoms with Crippen molar-refractivity contribution >= 4 is 34.0 Å². The Hall–Kier alpha value is -2.38. The molecule has 1 amide bonds. The first-order valence-electron chi connectivity index (χ1n) is 7.45. The van der Waals surface area contributed by atoms with Gasteiger partial charge < -0.3 is 0 Å². The quantitative estimate of drug-likeness (QED) is 0.586. The second-order valence-corrected chi connectivity index (χ2v) is 6.84. The van der Waals surface area contributed by atoms with Crippen molar-refractivity contribution in [3.8, 4) is 11.1 Å². The smallest absolute Gasteiger partial charge is 0.298 e. The first-order valence-corrected chi connectivity index (χ1v) is 8.70. The van der Waals surface area contributed by atoms with Crippen LogP contribution in [0.3, 0.4) is 0 Å². The zero-order chi connectivity index (χ0) is 18.9. The van der Waals surface area contributed by atoms with E-state index in [1.54, 1.807) is 12.1 Å². The fourth-order valence-corrected chi connectivity index (χ4v) is 3.20. The van der Waals surface area contributed by atoms with Gasteiger partial charge in [0.2, 0.25) is 0 Å². The number of benzene rings is 2. The van der Waals surface area contributed by atoms with Gasteiger partial charge in [-0.25, -0.2) is 4.98 Å². The van der Waals surface area contributed by atoms with E-state index in [9.17, 15) is 18.0 Å². The molecule has 3 aromatic rings. The number of nitrogens with zero attached hydrogens (tertiary/aromatic N) is 1. The molecule has 26 heavy (non-hydrogen) atoms. The maximum Gasteiger partial charge on any atom is 0.434 e. The van der Waals surface area contributed by atoms with E-state index in [0.717, 1.165) is 27.8 Å². The van der Waals surface area contributed by atoms with Crippen molar-refractivity contribution in [2.45, 2.75) is 13.1 Å². The molecule has 0 saturated heterocycles. The molecule has 0 aliphatic carbocycles. The van der Waals surface area contributed by atoms with E-state index in [0.29, 0.717) is 16.1 Å². The number of amides is 1. The van der Waals surface area contributed by atoms with E-state index in [1.165, 1.54) is 6.07 Å². The summed E-state index contributed by atoms with van der Waals surface area (Å²) in [6, 6.07) is 12.2. The second kappa shape index (κ2) is 7.09. The fourth-order valence-electron chi connectivity index (χ4n) is 2.31. The lowest BCUT2D eigenvalue weighted by atomic mass is 9.98. The summed E-state index contributed by atoms with van der Waals surface area (Å²) >= 11 is 6.77. The summed E-state index contributed by atoms with van der Waals surface area (Å²) in [4.78, 5) is 16.0. The van der Waals surface area contributed by atoms with E-state index in [1.807, 2.05) is 31.2 Å². The van der Waals surface area contributed by atoms with Gasteiger partial charge in [-0.3, -0.25) is 10.1 Å². The Morgan fingerprint density at radius 1 is 1.15 bits per heavy atom. The molecule has 0 bridgehead atoms. The molecule has 3 rings (SSSR count). The van der Waals surface area contributed by atoms with Gasteiger partial charge in [-0.2, -0.15) is 13.2 Å². The molecule has 0 spiro atoms. The highest BCUT2D eigenvalue weighted by molar-refractivity contribution is 7.14. The Labute approximate surface area is 156 Å². The largest absolute Gasteiger partial charge is 0.434 e. The Bertz CT molecular complexity index is 952. The van der Waals surface area contributed by atoms with Crippen molar-refractivity contribution in [3.63, 3.8) is 0 Å². The van der Waals surface area contributed by atoms with Crippen LogP contribution in [0.4, 0.5) is 18.3 Å². The third kappa shape index (κ3) is 4.05. The van der Waals surface area contributed by atoms with E-state index in [-0.39, 0.29) is 5.13 Å². The van der Waals surface area contributed by atoms with Crippen LogP contribution < -0.4 is 5.32 Å². The van der Waals surface area contributed by atoms with Crippen LogP contribution in [0, 0.1) is 6.92 Å². The summed E-state index contributed by atoms with van der Waals surface area (Å²) in [5.74, 6) is -0.555. The topological polar surface area (TPSA) is 42.0 Å². The van der Waals surface area contributed by atoms with Crippen LogP contribution >= 0.6 is 22.9 Å². The molecular weight excluding hydrogens is 385 g/mol. The van der Waals surface area contributed by atoms with E-state index < -0.39 is 17.8 Å². The number of aryl methyl sites for hydroxylation is 1. The zero-order valence-corrected chi connectivity index (χ0v) is 15.0. The molecule has 134 valence electrons. The van der Waals surface area contributed by atoms with Crippen molar-refractivity contribution in [3.05, 3.63) is 69.7 Å². The van der Waals surface area contributed by atoms with Crippen LogP contribution in [0.1, 0.15) is 21.6 Å². The summed E-state index contributed by atoms with van der Waals surface area (Å²) in [5, 5.41) is 3.61. The maximum absolute atomic E-state index is 12.6. The molecule has 0 aliphatic heterocycles. The molecule has 0 unspecified atom stereocenters. The van der Waals surface area contributed by atoms with Crippen molar-refractivity contribution in [2.24, 2.45) is 0 Å². The summed E-state index contributed by atoms with van der Waals surface area (Å²) in [6.07, 6.45) is -4.55. The third-order valence-electron chi connectivity index (χ3n) is 3.60. The minimum atomic E-state index is -4.55. The summed E-state index contributed by atoms with van der Waals surface area (Å²) in [7, 11) is 0. The average Bonchev–Trinajstić information content (AvgIpc) is 3.04. The molecule has 0 radical (unpaired) electrons. The Balaban J connectivity index is 1.92. The Morgan fingerprint density at radius 2 is 1.85 bits per heavy atom. The lowest BCUT2D eigenvalue weighted by Gasteiger charge is -2.10. The molecule has 0 aliphatic rings. The highest BCUT2D eigenvalue weighted by atomic mass is 35.5. The maximum atomic E-state index is 12.6. The van der Waals surface area contributed by atoms with Crippen LogP contribution in [-0.2, 0) is 6.18 Å². The zero-order valence-electron chi connectivity index (χ0n) is 13.4. The highest BCUT2D eigenvalue weighted by Crippen LogP contribution is 2.32. The van der Waals surface area contributed by atoms with Gasteiger partial charge >= 0.3 is 6.18 Å². The lowest BCUT2D eigenvalue weighted by Crippen LogP contribution is -2.14. The van der Waals surface area contributed by atoms with Crippen LogP contribution in [0.5, 0.6) is 0 Å². The van der Waals surface area contributed by atoms with Crippen LogP contribution in [0.15, 0.2) is 47.8 Å². The van der Waals surface area contributed by atoms with Gasteiger partial charge in [0.25, 0.3) is 5.91 Å². The number of alkyl halides is 3. The molecule has 1 N–H and O–H groups in total. The number of rotatable bonds is 3. The van der Waals surface area contributed by atoms with E-state index in [4.69, 9.17) is 11.6 Å². The van der Waals surface area contributed by atoms with Gasteiger partial charge in [0.15, 0.2) is 10.8 Å². The number of halogens is 4. The molecule has 1 heterocycles. The Morgan fingerprint density at radius 3 is 2.46 bits per heavy atom. The number of carbonyl (C=O) groups excluding carboxylic acids is 1.